The van der Waals surface area contributed by atoms with Gasteiger partial charge in [0.1, 0.15) is 0 Å². The predicted octanol–water partition coefficient (Wildman–Crippen LogP) is 2.80. The lowest BCUT2D eigenvalue weighted by Gasteiger charge is -2.14. The average molecular weight is 220 g/mol. The van der Waals surface area contributed by atoms with Crippen LogP contribution in [-0.2, 0) is 12.5 Å². The van der Waals surface area contributed by atoms with Crippen molar-refractivity contribution in [2.24, 2.45) is 7.05 Å². The highest BCUT2D eigenvalue weighted by atomic mass is 16.1. The minimum Gasteiger partial charge on any atom is -0.294 e. The largest absolute Gasteiger partial charge is 0.294 e. The summed E-state index contributed by atoms with van der Waals surface area (Å²) in [6.07, 6.45) is 1.65. The van der Waals surface area contributed by atoms with Crippen molar-refractivity contribution in [1.82, 2.24) is 9.78 Å². The van der Waals surface area contributed by atoms with Crippen LogP contribution >= 0.6 is 0 Å². The second-order valence-electron chi connectivity index (χ2n) is 5.53. The van der Waals surface area contributed by atoms with E-state index >= 15 is 0 Å². The Balaban J connectivity index is 2.63. The number of hydrogen-bond acceptors (Lipinski definition) is 2. The molecule has 1 aromatic heterocycles. The fourth-order valence-corrected chi connectivity index (χ4v) is 2.62. The number of hydrogen-bond donors (Lipinski definition) is 0. The number of carbonyl (C=O) groups is 1. The van der Waals surface area contributed by atoms with Gasteiger partial charge in [0.05, 0.1) is 17.0 Å². The van der Waals surface area contributed by atoms with Gasteiger partial charge in [-0.25, -0.2) is 0 Å². The van der Waals surface area contributed by atoms with Crippen LogP contribution in [0.1, 0.15) is 68.2 Å². The molecule has 0 aromatic carbocycles. The molecule has 0 saturated heterocycles. The Morgan fingerprint density at radius 1 is 1.50 bits per heavy atom. The molecule has 1 unspecified atom stereocenters. The molecule has 3 heteroatoms. The summed E-state index contributed by atoms with van der Waals surface area (Å²) in [5.41, 5.74) is 2.93. The molecular formula is C13H20N2O. The molecular weight excluding hydrogens is 200 g/mol. The lowest BCUT2D eigenvalue weighted by Crippen LogP contribution is -2.15. The Hall–Kier alpha value is -1.12. The highest BCUT2D eigenvalue weighted by molar-refractivity contribution is 6.02. The van der Waals surface area contributed by atoms with E-state index < -0.39 is 0 Å². The van der Waals surface area contributed by atoms with E-state index in [1.165, 1.54) is 0 Å². The summed E-state index contributed by atoms with van der Waals surface area (Å²) >= 11 is 0. The lowest BCUT2D eigenvalue weighted by atomic mass is 9.90. The molecule has 1 aliphatic carbocycles. The first kappa shape index (κ1) is 11.4. The van der Waals surface area contributed by atoms with Gasteiger partial charge in [0.25, 0.3) is 0 Å². The molecule has 0 radical (unpaired) electrons. The number of fused-ring (bicyclic) bond motifs is 1. The summed E-state index contributed by atoms with van der Waals surface area (Å²) < 4.78 is 1.90. The molecule has 1 atom stereocenters. The number of aromatic nitrogens is 2. The van der Waals surface area contributed by atoms with Crippen molar-refractivity contribution in [2.75, 3.05) is 0 Å². The van der Waals surface area contributed by atoms with Crippen LogP contribution in [-0.4, -0.2) is 15.6 Å². The number of Topliss-reactive ketones (excluding diaryl/α,β-unsaturated/α-hetero) is 1. The van der Waals surface area contributed by atoms with E-state index in [9.17, 15) is 4.79 Å². The summed E-state index contributed by atoms with van der Waals surface area (Å²) in [7, 11) is 1.95. The second kappa shape index (κ2) is 3.44. The number of ketones is 1. The van der Waals surface area contributed by atoms with Crippen LogP contribution < -0.4 is 0 Å². The number of nitrogens with zero attached hydrogens (tertiary/aromatic N) is 2. The van der Waals surface area contributed by atoms with Crippen molar-refractivity contribution in [1.29, 1.82) is 0 Å². The van der Waals surface area contributed by atoms with Crippen LogP contribution in [0.15, 0.2) is 0 Å². The van der Waals surface area contributed by atoms with Gasteiger partial charge < -0.3 is 0 Å². The van der Waals surface area contributed by atoms with Gasteiger partial charge in [-0.1, -0.05) is 27.7 Å². The lowest BCUT2D eigenvalue weighted by molar-refractivity contribution is 0.0977. The Kier molecular flexibility index (Phi) is 2.44. The van der Waals surface area contributed by atoms with Crippen molar-refractivity contribution >= 4 is 5.78 Å². The van der Waals surface area contributed by atoms with Crippen molar-refractivity contribution in [2.45, 2.75) is 51.9 Å². The highest BCUT2D eigenvalue weighted by Gasteiger charge is 2.41. The first-order chi connectivity index (χ1) is 7.38. The van der Waals surface area contributed by atoms with Gasteiger partial charge in [-0.15, -0.1) is 0 Å². The van der Waals surface area contributed by atoms with E-state index in [-0.39, 0.29) is 11.2 Å². The molecule has 88 valence electrons. The van der Waals surface area contributed by atoms with Crippen LogP contribution in [0.25, 0.3) is 0 Å². The molecule has 1 aromatic rings. The van der Waals surface area contributed by atoms with Gasteiger partial charge in [-0.05, 0) is 12.3 Å². The van der Waals surface area contributed by atoms with Crippen molar-refractivity contribution in [3.63, 3.8) is 0 Å². The molecule has 0 bridgehead atoms. The van der Waals surface area contributed by atoms with Crippen molar-refractivity contribution in [3.05, 3.63) is 17.0 Å². The van der Waals surface area contributed by atoms with E-state index in [1.54, 1.807) is 0 Å². The third-order valence-electron chi connectivity index (χ3n) is 3.69. The zero-order chi connectivity index (χ0) is 12.1. The molecule has 0 saturated carbocycles. The molecule has 0 aliphatic heterocycles. The molecule has 0 amide bonds. The SMILES string of the molecule is CCC(C)c1c2c(nn1C)C(C)(C)CC2=O. The Morgan fingerprint density at radius 2 is 2.12 bits per heavy atom. The summed E-state index contributed by atoms with van der Waals surface area (Å²) in [5, 5.41) is 4.56. The average Bonchev–Trinajstić information content (AvgIpc) is 2.63. The fourth-order valence-electron chi connectivity index (χ4n) is 2.62. The van der Waals surface area contributed by atoms with Crippen molar-refractivity contribution < 1.29 is 4.79 Å². The summed E-state index contributed by atoms with van der Waals surface area (Å²) in [6.45, 7) is 8.51. The Labute approximate surface area is 96.8 Å². The zero-order valence-electron chi connectivity index (χ0n) is 10.8. The second-order valence-corrected chi connectivity index (χ2v) is 5.53. The molecule has 0 N–H and O–H groups in total. The van der Waals surface area contributed by atoms with Crippen LogP contribution in [0.5, 0.6) is 0 Å². The molecule has 16 heavy (non-hydrogen) atoms. The topological polar surface area (TPSA) is 34.9 Å². The van der Waals surface area contributed by atoms with Crippen LogP contribution in [0.3, 0.4) is 0 Å². The van der Waals surface area contributed by atoms with Crippen LogP contribution in [0.2, 0.25) is 0 Å². The van der Waals surface area contributed by atoms with Gasteiger partial charge in [0.15, 0.2) is 5.78 Å². The van der Waals surface area contributed by atoms with E-state index in [0.717, 1.165) is 23.4 Å². The van der Waals surface area contributed by atoms with Crippen LogP contribution in [0.4, 0.5) is 0 Å². The normalized spacial score (nSPS) is 19.9. The molecule has 0 fully saturated rings. The maximum Gasteiger partial charge on any atom is 0.167 e. The number of rotatable bonds is 2. The molecule has 1 aliphatic rings. The van der Waals surface area contributed by atoms with Crippen molar-refractivity contribution in [3.8, 4) is 0 Å². The first-order valence-corrected chi connectivity index (χ1v) is 5.99. The minimum absolute atomic E-state index is 0.0874. The summed E-state index contributed by atoms with van der Waals surface area (Å²) in [6, 6.07) is 0. The van der Waals surface area contributed by atoms with Crippen LogP contribution in [0, 0.1) is 0 Å². The monoisotopic (exact) mass is 220 g/mol. The van der Waals surface area contributed by atoms with E-state index in [0.29, 0.717) is 12.3 Å². The van der Waals surface area contributed by atoms with E-state index in [1.807, 2.05) is 11.7 Å². The maximum absolute atomic E-state index is 12.1. The summed E-state index contributed by atoms with van der Waals surface area (Å²) in [4.78, 5) is 12.1. The quantitative estimate of drug-likeness (QED) is 0.768. The number of carbonyl (C=O) groups excluding carboxylic acids is 1. The molecule has 2 rings (SSSR count). The Morgan fingerprint density at radius 3 is 2.69 bits per heavy atom. The van der Waals surface area contributed by atoms with Gasteiger partial charge in [-0.3, -0.25) is 9.48 Å². The number of aryl methyl sites for hydroxylation is 1. The van der Waals surface area contributed by atoms with E-state index in [4.69, 9.17) is 0 Å². The van der Waals surface area contributed by atoms with Gasteiger partial charge in [-0.2, -0.15) is 5.10 Å². The first-order valence-electron chi connectivity index (χ1n) is 5.99. The van der Waals surface area contributed by atoms with Gasteiger partial charge in [0.2, 0.25) is 0 Å². The third kappa shape index (κ3) is 1.41. The van der Waals surface area contributed by atoms with E-state index in [2.05, 4.69) is 32.8 Å². The zero-order valence-corrected chi connectivity index (χ0v) is 10.8. The fraction of sp³-hybridized carbons (Fsp3) is 0.692. The van der Waals surface area contributed by atoms with Gasteiger partial charge >= 0.3 is 0 Å². The standard InChI is InChI=1S/C13H20N2O/c1-6-8(2)11-10-9(16)7-13(3,4)12(10)14-15(11)5/h8H,6-7H2,1-5H3. The smallest absolute Gasteiger partial charge is 0.167 e. The summed E-state index contributed by atoms with van der Waals surface area (Å²) in [5.74, 6) is 0.669. The third-order valence-corrected chi connectivity index (χ3v) is 3.69. The molecule has 1 heterocycles. The maximum atomic E-state index is 12.1. The minimum atomic E-state index is -0.0874. The highest BCUT2D eigenvalue weighted by Crippen LogP contribution is 2.41. The molecule has 3 nitrogen and oxygen atoms in total. The van der Waals surface area contributed by atoms with Gasteiger partial charge in [0, 0.05) is 18.9 Å². The molecule has 0 spiro atoms. The predicted molar refractivity (Wildman–Crippen MR) is 63.9 cm³/mol. The Bertz CT molecular complexity index is 443.